The molecule has 3 rings (SSSR count). The molecule has 1 heterocycles. The van der Waals surface area contributed by atoms with Gasteiger partial charge in [-0.25, -0.2) is 4.79 Å². The van der Waals surface area contributed by atoms with Gasteiger partial charge in [-0.1, -0.05) is 29.8 Å². The minimum atomic E-state index is -0.404. The molecule has 28 heavy (non-hydrogen) atoms. The predicted molar refractivity (Wildman–Crippen MR) is 115 cm³/mol. The molecule has 1 aliphatic rings. The van der Waals surface area contributed by atoms with Crippen LogP contribution in [0.25, 0.3) is 6.08 Å². The number of halogens is 1. The van der Waals surface area contributed by atoms with Crippen molar-refractivity contribution in [3.8, 4) is 11.5 Å². The molecule has 0 bridgehead atoms. The predicted octanol–water partition coefficient (Wildman–Crippen LogP) is 4.10. The molecule has 0 unspecified atom stereocenters. The number of aryl methyl sites for hydroxylation is 1. The van der Waals surface area contributed by atoms with Gasteiger partial charge in [0.05, 0.1) is 10.7 Å². The van der Waals surface area contributed by atoms with E-state index in [1.807, 2.05) is 31.2 Å². The van der Waals surface area contributed by atoms with Gasteiger partial charge in [0.25, 0.3) is 5.91 Å². The maximum atomic E-state index is 12.3. The smallest absolute Gasteiger partial charge is 0.328 e. The van der Waals surface area contributed by atoms with Gasteiger partial charge in [-0.3, -0.25) is 9.69 Å². The molecule has 0 aliphatic carbocycles. The van der Waals surface area contributed by atoms with E-state index < -0.39 is 6.03 Å². The molecular weight excluding hydrogens is 471 g/mol. The number of carbonyl (C=O) groups is 2. The summed E-state index contributed by atoms with van der Waals surface area (Å²) in [6.45, 7) is 4.55. The highest BCUT2D eigenvalue weighted by atomic mass is 127. The second-order valence-corrected chi connectivity index (χ2v) is 7.51. The van der Waals surface area contributed by atoms with E-state index in [2.05, 4.69) is 34.0 Å². The van der Waals surface area contributed by atoms with Crippen molar-refractivity contribution in [3.63, 3.8) is 0 Å². The Labute approximate surface area is 177 Å². The largest absolute Gasteiger partial charge is 0.493 e. The number of amides is 3. The van der Waals surface area contributed by atoms with Crippen LogP contribution in [0.1, 0.15) is 23.6 Å². The normalized spacial score (nSPS) is 15.1. The van der Waals surface area contributed by atoms with Crippen LogP contribution in [-0.2, 0) is 11.4 Å². The number of rotatable bonds is 6. The number of nitrogens with one attached hydrogen (secondary N) is 1. The summed E-state index contributed by atoms with van der Waals surface area (Å²) in [5.74, 6) is 0.875. The molecule has 2 aromatic carbocycles. The first-order valence-electron chi connectivity index (χ1n) is 8.83. The quantitative estimate of drug-likeness (QED) is 0.375. The van der Waals surface area contributed by atoms with Crippen LogP contribution < -0.4 is 14.8 Å². The number of urea groups is 1. The highest BCUT2D eigenvalue weighted by Crippen LogP contribution is 2.35. The molecule has 1 N–H and O–H groups in total. The highest BCUT2D eigenvalue weighted by molar-refractivity contribution is 14.1. The highest BCUT2D eigenvalue weighted by Gasteiger charge is 2.32. The molecule has 0 spiro atoms. The van der Waals surface area contributed by atoms with Crippen molar-refractivity contribution < 1.29 is 19.1 Å². The lowest BCUT2D eigenvalue weighted by molar-refractivity contribution is -0.122. The second kappa shape index (κ2) is 8.64. The monoisotopic (exact) mass is 492 g/mol. The first-order chi connectivity index (χ1) is 13.4. The van der Waals surface area contributed by atoms with Crippen LogP contribution in [0.15, 0.2) is 42.1 Å². The minimum Gasteiger partial charge on any atom is -0.493 e. The molecule has 1 aliphatic heterocycles. The number of ether oxygens (including phenoxy) is 2. The third kappa shape index (κ3) is 4.30. The van der Waals surface area contributed by atoms with Crippen molar-refractivity contribution in [2.75, 3.05) is 13.7 Å². The van der Waals surface area contributed by atoms with Crippen molar-refractivity contribution in [3.05, 3.63) is 62.4 Å². The Balaban J connectivity index is 1.85. The van der Waals surface area contributed by atoms with E-state index in [4.69, 9.17) is 9.47 Å². The SMILES string of the molecule is CCN1C(=O)N/C(=C/c2cc(I)c(OCc3cccc(C)c3)c(OC)c2)C1=O. The maximum Gasteiger partial charge on any atom is 0.328 e. The lowest BCUT2D eigenvalue weighted by atomic mass is 10.1. The van der Waals surface area contributed by atoms with Gasteiger partial charge < -0.3 is 14.8 Å². The Hall–Kier alpha value is -2.55. The fraction of sp³-hybridized carbons (Fsp3) is 0.238. The van der Waals surface area contributed by atoms with Gasteiger partial charge in [-0.05, 0) is 65.8 Å². The van der Waals surface area contributed by atoms with E-state index in [1.54, 1.807) is 26.2 Å². The van der Waals surface area contributed by atoms with Crippen molar-refractivity contribution in [1.82, 2.24) is 10.2 Å². The van der Waals surface area contributed by atoms with Crippen LogP contribution in [0.3, 0.4) is 0 Å². The lowest BCUT2D eigenvalue weighted by Gasteiger charge is -2.14. The number of carbonyl (C=O) groups excluding carboxylic acids is 2. The molecule has 0 saturated carbocycles. The number of benzene rings is 2. The molecule has 3 amide bonds. The van der Waals surface area contributed by atoms with Gasteiger partial charge in [0.1, 0.15) is 12.3 Å². The van der Waals surface area contributed by atoms with E-state index in [0.717, 1.165) is 19.6 Å². The third-order valence-electron chi connectivity index (χ3n) is 4.31. The van der Waals surface area contributed by atoms with Crippen molar-refractivity contribution in [1.29, 1.82) is 0 Å². The number of imide groups is 1. The number of methoxy groups -OCH3 is 1. The number of hydrogen-bond acceptors (Lipinski definition) is 4. The summed E-state index contributed by atoms with van der Waals surface area (Å²) in [6, 6.07) is 11.4. The summed E-state index contributed by atoms with van der Waals surface area (Å²) in [7, 11) is 1.57. The molecule has 7 heteroatoms. The van der Waals surface area contributed by atoms with E-state index in [0.29, 0.717) is 24.7 Å². The first kappa shape index (κ1) is 20.2. The molecule has 0 radical (unpaired) electrons. The number of nitrogens with zero attached hydrogens (tertiary/aromatic N) is 1. The van der Waals surface area contributed by atoms with Gasteiger partial charge in [0.2, 0.25) is 0 Å². The first-order valence-corrected chi connectivity index (χ1v) is 9.91. The Kier molecular flexibility index (Phi) is 6.23. The number of likely N-dealkylation sites (N-methyl/N-ethyl adjacent to an activating group) is 1. The summed E-state index contributed by atoms with van der Waals surface area (Å²) >= 11 is 2.17. The Morgan fingerprint density at radius 2 is 2.00 bits per heavy atom. The summed E-state index contributed by atoms with van der Waals surface area (Å²) in [4.78, 5) is 25.2. The van der Waals surface area contributed by atoms with Crippen LogP contribution in [-0.4, -0.2) is 30.5 Å². The summed E-state index contributed by atoms with van der Waals surface area (Å²) in [5.41, 5.74) is 3.24. The summed E-state index contributed by atoms with van der Waals surface area (Å²) in [5, 5.41) is 2.60. The molecule has 146 valence electrons. The molecule has 0 aromatic heterocycles. The van der Waals surface area contributed by atoms with Gasteiger partial charge in [0, 0.05) is 6.54 Å². The molecule has 1 saturated heterocycles. The summed E-state index contributed by atoms with van der Waals surface area (Å²) in [6.07, 6.45) is 1.64. The van der Waals surface area contributed by atoms with Crippen LogP contribution in [0, 0.1) is 10.5 Å². The fourth-order valence-electron chi connectivity index (χ4n) is 2.95. The standard InChI is InChI=1S/C21H21IN2O4/c1-4-24-20(25)17(23-21(24)26)10-15-9-16(22)19(18(11-15)27-3)28-12-14-7-5-6-13(2)8-14/h5-11H,4,12H2,1-3H3,(H,23,26)/b17-10+. The van der Waals surface area contributed by atoms with Crippen molar-refractivity contribution >= 4 is 40.6 Å². The van der Waals surface area contributed by atoms with E-state index in [9.17, 15) is 9.59 Å². The average Bonchev–Trinajstić information content (AvgIpc) is 2.93. The Morgan fingerprint density at radius 1 is 1.21 bits per heavy atom. The average molecular weight is 492 g/mol. The van der Waals surface area contributed by atoms with Gasteiger partial charge >= 0.3 is 6.03 Å². The second-order valence-electron chi connectivity index (χ2n) is 6.35. The Bertz CT molecular complexity index is 955. The molecule has 1 fully saturated rings. The zero-order chi connectivity index (χ0) is 20.3. The minimum absolute atomic E-state index is 0.248. The van der Waals surface area contributed by atoms with Crippen molar-refractivity contribution in [2.45, 2.75) is 20.5 Å². The Morgan fingerprint density at radius 3 is 2.64 bits per heavy atom. The molecule has 6 nitrogen and oxygen atoms in total. The van der Waals surface area contributed by atoms with Crippen LogP contribution in [0.5, 0.6) is 11.5 Å². The third-order valence-corrected chi connectivity index (χ3v) is 5.11. The lowest BCUT2D eigenvalue weighted by Crippen LogP contribution is -2.30. The van der Waals surface area contributed by atoms with Gasteiger partial charge in [-0.15, -0.1) is 0 Å². The topological polar surface area (TPSA) is 67.9 Å². The van der Waals surface area contributed by atoms with Crippen LogP contribution in [0.4, 0.5) is 4.79 Å². The van der Waals surface area contributed by atoms with Crippen molar-refractivity contribution in [2.24, 2.45) is 0 Å². The van der Waals surface area contributed by atoms with E-state index in [-0.39, 0.29) is 11.6 Å². The van der Waals surface area contributed by atoms with Crippen LogP contribution >= 0.6 is 22.6 Å². The molecule has 2 aromatic rings. The molecular formula is C21H21IN2O4. The molecule has 0 atom stereocenters. The fourth-order valence-corrected chi connectivity index (χ4v) is 3.73. The van der Waals surface area contributed by atoms with Gasteiger partial charge in [0.15, 0.2) is 11.5 Å². The maximum absolute atomic E-state index is 12.3. The van der Waals surface area contributed by atoms with Gasteiger partial charge in [-0.2, -0.15) is 0 Å². The zero-order valence-electron chi connectivity index (χ0n) is 15.9. The van der Waals surface area contributed by atoms with Crippen LogP contribution in [0.2, 0.25) is 0 Å². The number of hydrogen-bond donors (Lipinski definition) is 1. The van der Waals surface area contributed by atoms with E-state index in [1.165, 1.54) is 5.56 Å². The zero-order valence-corrected chi connectivity index (χ0v) is 18.1. The summed E-state index contributed by atoms with van der Waals surface area (Å²) < 4.78 is 12.3. The van der Waals surface area contributed by atoms with E-state index >= 15 is 0 Å².